The first-order chi connectivity index (χ1) is 11.2. The zero-order chi connectivity index (χ0) is 17.9. The highest BCUT2D eigenvalue weighted by atomic mass is 127. The molecule has 0 aromatic heterocycles. The number of carbonyl (C=O) groups is 1. The maximum atomic E-state index is 12.7. The fourth-order valence-electron chi connectivity index (χ4n) is 2.65. The van der Waals surface area contributed by atoms with Crippen molar-refractivity contribution in [3.63, 3.8) is 0 Å². The van der Waals surface area contributed by atoms with E-state index >= 15 is 0 Å². The first-order valence-corrected chi connectivity index (χ1v) is 10.3. The van der Waals surface area contributed by atoms with Gasteiger partial charge in [0.25, 0.3) is 11.6 Å². The molecule has 1 atom stereocenters. The van der Waals surface area contributed by atoms with Gasteiger partial charge in [-0.3, -0.25) is 14.9 Å². The molecule has 1 aliphatic heterocycles. The molecule has 24 heavy (non-hydrogen) atoms. The van der Waals surface area contributed by atoms with Crippen molar-refractivity contribution in [1.82, 2.24) is 9.62 Å². The van der Waals surface area contributed by atoms with Crippen molar-refractivity contribution in [3.8, 4) is 0 Å². The lowest BCUT2D eigenvalue weighted by Crippen LogP contribution is -2.43. The van der Waals surface area contributed by atoms with E-state index in [0.29, 0.717) is 22.2 Å². The van der Waals surface area contributed by atoms with Crippen LogP contribution in [0.15, 0.2) is 18.2 Å². The van der Waals surface area contributed by atoms with Crippen molar-refractivity contribution in [2.75, 3.05) is 25.9 Å². The molecular weight excluding hydrogens is 449 g/mol. The van der Waals surface area contributed by atoms with E-state index in [4.69, 9.17) is 0 Å². The molecule has 132 valence electrons. The molecule has 1 amide bonds. The predicted molar refractivity (Wildman–Crippen MR) is 97.3 cm³/mol. The van der Waals surface area contributed by atoms with Gasteiger partial charge in [-0.05, 0) is 47.4 Å². The van der Waals surface area contributed by atoms with E-state index in [9.17, 15) is 23.3 Å². The van der Waals surface area contributed by atoms with Crippen LogP contribution in [0.3, 0.4) is 0 Å². The zero-order valence-corrected chi connectivity index (χ0v) is 16.0. The second kappa shape index (κ2) is 7.74. The second-order valence-corrected chi connectivity index (χ2v) is 8.80. The zero-order valence-electron chi connectivity index (χ0n) is 13.1. The topological polar surface area (TPSA) is 110 Å². The van der Waals surface area contributed by atoms with Gasteiger partial charge in [0.2, 0.25) is 10.0 Å². The number of halogens is 1. The predicted octanol–water partition coefficient (Wildman–Crippen LogP) is 1.60. The van der Waals surface area contributed by atoms with Crippen LogP contribution in [0.1, 0.15) is 23.2 Å². The Morgan fingerprint density at radius 1 is 1.50 bits per heavy atom. The molecule has 1 heterocycles. The largest absolute Gasteiger partial charge is 0.338 e. The molecule has 1 N–H and O–H groups in total. The monoisotopic (exact) mass is 467 g/mol. The van der Waals surface area contributed by atoms with Gasteiger partial charge in [-0.1, -0.05) is 0 Å². The number of hydrogen-bond acceptors (Lipinski definition) is 5. The molecule has 0 saturated carbocycles. The van der Waals surface area contributed by atoms with Gasteiger partial charge >= 0.3 is 0 Å². The lowest BCUT2D eigenvalue weighted by Gasteiger charge is -2.33. The number of carbonyl (C=O) groups excluding carboxylic acids is 1. The highest BCUT2D eigenvalue weighted by Gasteiger charge is 2.27. The molecule has 10 heteroatoms. The normalized spacial score (nSPS) is 18.4. The van der Waals surface area contributed by atoms with E-state index in [1.165, 1.54) is 12.1 Å². The van der Waals surface area contributed by atoms with E-state index in [1.54, 1.807) is 11.0 Å². The Hall–Kier alpha value is -1.27. The summed E-state index contributed by atoms with van der Waals surface area (Å²) < 4.78 is 25.5. The fourth-order valence-corrected chi connectivity index (χ4v) is 3.75. The third-order valence-electron chi connectivity index (χ3n) is 3.83. The Labute approximate surface area is 153 Å². The number of likely N-dealkylation sites (tertiary alicyclic amines) is 1. The summed E-state index contributed by atoms with van der Waals surface area (Å²) >= 11 is 1.98. The number of nitrogens with zero attached hydrogens (tertiary/aromatic N) is 2. The van der Waals surface area contributed by atoms with Gasteiger partial charge < -0.3 is 4.90 Å². The number of rotatable bonds is 5. The molecule has 1 unspecified atom stereocenters. The number of sulfonamides is 1. The van der Waals surface area contributed by atoms with Gasteiger partial charge in [0, 0.05) is 35.3 Å². The van der Waals surface area contributed by atoms with Crippen molar-refractivity contribution in [2.24, 2.45) is 5.92 Å². The van der Waals surface area contributed by atoms with E-state index in [0.717, 1.165) is 19.1 Å². The average molecular weight is 467 g/mol. The molecule has 1 aromatic rings. The Morgan fingerprint density at radius 2 is 2.21 bits per heavy atom. The van der Waals surface area contributed by atoms with Gasteiger partial charge in [-0.25, -0.2) is 13.1 Å². The SMILES string of the molecule is CS(=O)(=O)NCC1CCCN(C(=O)c2cc([N+](=O)[O-])ccc2I)C1. The number of nitrogens with one attached hydrogen (secondary N) is 1. The van der Waals surface area contributed by atoms with E-state index in [-0.39, 0.29) is 24.1 Å². The van der Waals surface area contributed by atoms with Crippen LogP contribution in [0.25, 0.3) is 0 Å². The van der Waals surface area contributed by atoms with Crippen LogP contribution in [-0.2, 0) is 10.0 Å². The number of benzene rings is 1. The van der Waals surface area contributed by atoms with Gasteiger partial charge in [0.1, 0.15) is 0 Å². The van der Waals surface area contributed by atoms with Crippen LogP contribution in [0, 0.1) is 19.6 Å². The molecule has 0 radical (unpaired) electrons. The molecule has 1 aliphatic rings. The highest BCUT2D eigenvalue weighted by molar-refractivity contribution is 14.1. The van der Waals surface area contributed by atoms with Crippen molar-refractivity contribution < 1.29 is 18.1 Å². The maximum absolute atomic E-state index is 12.7. The summed E-state index contributed by atoms with van der Waals surface area (Å²) in [5.41, 5.74) is 0.188. The molecule has 1 fully saturated rings. The van der Waals surface area contributed by atoms with Gasteiger partial charge in [0.15, 0.2) is 0 Å². The highest BCUT2D eigenvalue weighted by Crippen LogP contribution is 2.24. The smallest absolute Gasteiger partial charge is 0.270 e. The van der Waals surface area contributed by atoms with Crippen LogP contribution in [0.5, 0.6) is 0 Å². The molecule has 2 rings (SSSR count). The Kier molecular flexibility index (Phi) is 6.15. The van der Waals surface area contributed by atoms with Crippen LogP contribution in [0.2, 0.25) is 0 Å². The minimum absolute atomic E-state index is 0.0359. The van der Waals surface area contributed by atoms with Gasteiger partial charge in [-0.2, -0.15) is 0 Å². The first-order valence-electron chi connectivity index (χ1n) is 7.35. The summed E-state index contributed by atoms with van der Waals surface area (Å²) in [5, 5.41) is 10.9. The lowest BCUT2D eigenvalue weighted by atomic mass is 9.97. The molecule has 0 spiro atoms. The minimum Gasteiger partial charge on any atom is -0.338 e. The average Bonchev–Trinajstić information content (AvgIpc) is 2.52. The summed E-state index contributed by atoms with van der Waals surface area (Å²) in [7, 11) is -3.26. The third kappa shape index (κ3) is 5.11. The number of nitro benzene ring substituents is 1. The first kappa shape index (κ1) is 19.1. The van der Waals surface area contributed by atoms with Crippen LogP contribution < -0.4 is 4.72 Å². The van der Waals surface area contributed by atoms with Crippen molar-refractivity contribution >= 4 is 44.2 Å². The van der Waals surface area contributed by atoms with Gasteiger partial charge in [-0.15, -0.1) is 0 Å². The number of hydrogen-bond donors (Lipinski definition) is 1. The summed E-state index contributed by atoms with van der Waals surface area (Å²) in [6.07, 6.45) is 2.70. The minimum atomic E-state index is -3.26. The lowest BCUT2D eigenvalue weighted by molar-refractivity contribution is -0.384. The van der Waals surface area contributed by atoms with Crippen LogP contribution in [-0.4, -0.2) is 50.0 Å². The Morgan fingerprint density at radius 3 is 2.83 bits per heavy atom. The molecule has 0 aliphatic carbocycles. The Balaban J connectivity index is 2.12. The molecule has 0 bridgehead atoms. The summed E-state index contributed by atoms with van der Waals surface area (Å²) in [6.45, 7) is 1.28. The summed E-state index contributed by atoms with van der Waals surface area (Å²) in [5.74, 6) is -0.221. The van der Waals surface area contributed by atoms with Crippen molar-refractivity contribution in [1.29, 1.82) is 0 Å². The van der Waals surface area contributed by atoms with Crippen LogP contribution in [0.4, 0.5) is 5.69 Å². The third-order valence-corrected chi connectivity index (χ3v) is 5.46. The Bertz CT molecular complexity index is 753. The molecular formula is C14H18IN3O5S. The maximum Gasteiger partial charge on any atom is 0.270 e. The van der Waals surface area contributed by atoms with Gasteiger partial charge in [0.05, 0.1) is 16.7 Å². The fraction of sp³-hybridized carbons (Fsp3) is 0.500. The number of piperidine rings is 1. The second-order valence-electron chi connectivity index (χ2n) is 5.80. The van der Waals surface area contributed by atoms with E-state index in [1.807, 2.05) is 22.6 Å². The quantitative estimate of drug-likeness (QED) is 0.402. The van der Waals surface area contributed by atoms with Crippen molar-refractivity contribution in [2.45, 2.75) is 12.8 Å². The standard InChI is InChI=1S/C14H18IN3O5S/c1-24(22,23)16-8-10-3-2-6-17(9-10)14(19)12-7-11(18(20)21)4-5-13(12)15/h4-5,7,10,16H,2-3,6,8-9H2,1H3. The van der Waals surface area contributed by atoms with E-state index < -0.39 is 14.9 Å². The summed E-state index contributed by atoms with van der Waals surface area (Å²) in [4.78, 5) is 24.7. The van der Waals surface area contributed by atoms with E-state index in [2.05, 4.69) is 4.72 Å². The molecule has 1 aromatic carbocycles. The molecule has 8 nitrogen and oxygen atoms in total. The molecule has 1 saturated heterocycles. The number of amides is 1. The van der Waals surface area contributed by atoms with Crippen molar-refractivity contribution in [3.05, 3.63) is 37.4 Å². The van der Waals surface area contributed by atoms with Crippen LogP contribution >= 0.6 is 22.6 Å². The number of non-ortho nitro benzene ring substituents is 1. The summed E-state index contributed by atoms with van der Waals surface area (Å²) in [6, 6.07) is 4.22. The number of nitro groups is 1.